The van der Waals surface area contributed by atoms with Crippen LogP contribution in [-0.4, -0.2) is 20.7 Å². The molecule has 0 unspecified atom stereocenters. The van der Waals surface area contributed by atoms with Gasteiger partial charge in [-0.1, -0.05) is 29.8 Å². The van der Waals surface area contributed by atoms with Gasteiger partial charge in [0.1, 0.15) is 0 Å². The second-order valence-electron chi connectivity index (χ2n) is 5.22. The number of nitrogens with one attached hydrogen (secondary N) is 1. The molecule has 0 bridgehead atoms. The SMILES string of the molecule is CC(=O)c1ccc(CCNS(=O)(=O)C=Cc2ccc(C)cc2)s1. The molecule has 23 heavy (non-hydrogen) atoms. The maximum Gasteiger partial charge on any atom is 0.233 e. The molecule has 0 atom stereocenters. The van der Waals surface area contributed by atoms with E-state index in [0.29, 0.717) is 17.8 Å². The Morgan fingerprint density at radius 2 is 1.87 bits per heavy atom. The molecular weight excluding hydrogens is 330 g/mol. The Balaban J connectivity index is 1.88. The minimum Gasteiger partial charge on any atom is -0.294 e. The van der Waals surface area contributed by atoms with Gasteiger partial charge in [0.2, 0.25) is 10.0 Å². The number of Topliss-reactive ketones (excluding diaryl/α,β-unsaturated/α-hetero) is 1. The van der Waals surface area contributed by atoms with E-state index >= 15 is 0 Å². The summed E-state index contributed by atoms with van der Waals surface area (Å²) in [5.74, 6) is 0.0304. The smallest absolute Gasteiger partial charge is 0.233 e. The van der Waals surface area contributed by atoms with E-state index in [0.717, 1.165) is 16.0 Å². The fraction of sp³-hybridized carbons (Fsp3) is 0.235. The van der Waals surface area contributed by atoms with Crippen LogP contribution in [0.15, 0.2) is 41.8 Å². The van der Waals surface area contributed by atoms with Gasteiger partial charge in [0.15, 0.2) is 5.78 Å². The fourth-order valence-electron chi connectivity index (χ4n) is 1.91. The zero-order chi connectivity index (χ0) is 16.9. The first-order valence-electron chi connectivity index (χ1n) is 7.20. The summed E-state index contributed by atoms with van der Waals surface area (Å²) in [6, 6.07) is 11.2. The van der Waals surface area contributed by atoms with Crippen molar-refractivity contribution < 1.29 is 13.2 Å². The molecule has 1 N–H and O–H groups in total. The van der Waals surface area contributed by atoms with Crippen LogP contribution in [0.2, 0.25) is 0 Å². The van der Waals surface area contributed by atoms with Crippen molar-refractivity contribution in [1.29, 1.82) is 0 Å². The lowest BCUT2D eigenvalue weighted by molar-refractivity contribution is 0.102. The highest BCUT2D eigenvalue weighted by atomic mass is 32.2. The van der Waals surface area contributed by atoms with E-state index in [-0.39, 0.29) is 5.78 Å². The van der Waals surface area contributed by atoms with Gasteiger partial charge in [0.05, 0.1) is 4.88 Å². The molecule has 0 aliphatic carbocycles. The van der Waals surface area contributed by atoms with E-state index in [1.807, 2.05) is 37.3 Å². The molecule has 2 rings (SSSR count). The van der Waals surface area contributed by atoms with Gasteiger partial charge in [-0.25, -0.2) is 13.1 Å². The second-order valence-corrected chi connectivity index (χ2v) is 8.04. The number of hydrogen-bond acceptors (Lipinski definition) is 4. The molecule has 1 heterocycles. The van der Waals surface area contributed by atoms with Crippen molar-refractivity contribution in [1.82, 2.24) is 4.72 Å². The van der Waals surface area contributed by atoms with E-state index < -0.39 is 10.0 Å². The first-order valence-corrected chi connectivity index (χ1v) is 9.56. The molecule has 0 saturated heterocycles. The molecule has 0 saturated carbocycles. The van der Waals surface area contributed by atoms with Crippen molar-refractivity contribution in [2.24, 2.45) is 0 Å². The maximum atomic E-state index is 11.9. The summed E-state index contributed by atoms with van der Waals surface area (Å²) in [4.78, 5) is 12.9. The predicted molar refractivity (Wildman–Crippen MR) is 95.2 cm³/mol. The van der Waals surface area contributed by atoms with Crippen LogP contribution >= 0.6 is 11.3 Å². The largest absolute Gasteiger partial charge is 0.294 e. The minimum absolute atomic E-state index is 0.0304. The van der Waals surface area contributed by atoms with E-state index in [1.54, 1.807) is 12.1 Å². The highest BCUT2D eigenvalue weighted by Gasteiger charge is 2.07. The first kappa shape index (κ1) is 17.6. The Morgan fingerprint density at radius 1 is 1.17 bits per heavy atom. The summed E-state index contributed by atoms with van der Waals surface area (Å²) >= 11 is 1.40. The topological polar surface area (TPSA) is 63.2 Å². The number of carbonyl (C=O) groups excluding carboxylic acids is 1. The molecule has 0 fully saturated rings. The minimum atomic E-state index is -3.46. The molecule has 2 aromatic rings. The van der Waals surface area contributed by atoms with Gasteiger partial charge in [0.25, 0.3) is 0 Å². The van der Waals surface area contributed by atoms with Gasteiger partial charge in [-0.2, -0.15) is 0 Å². The van der Waals surface area contributed by atoms with Crippen LogP contribution in [0.3, 0.4) is 0 Å². The van der Waals surface area contributed by atoms with Crippen molar-refractivity contribution >= 4 is 33.2 Å². The van der Waals surface area contributed by atoms with E-state index in [1.165, 1.54) is 23.7 Å². The average molecular weight is 349 g/mol. The third-order valence-corrected chi connectivity index (χ3v) is 5.55. The Bertz CT molecular complexity index is 803. The van der Waals surface area contributed by atoms with Gasteiger partial charge in [0, 0.05) is 16.8 Å². The third-order valence-electron chi connectivity index (χ3n) is 3.20. The molecule has 1 aromatic carbocycles. The van der Waals surface area contributed by atoms with Gasteiger partial charge >= 0.3 is 0 Å². The van der Waals surface area contributed by atoms with Crippen LogP contribution < -0.4 is 4.72 Å². The van der Waals surface area contributed by atoms with Crippen LogP contribution in [0.25, 0.3) is 6.08 Å². The number of benzene rings is 1. The number of aryl methyl sites for hydroxylation is 1. The molecule has 0 aliphatic heterocycles. The Labute approximate surface area is 140 Å². The summed E-state index contributed by atoms with van der Waals surface area (Å²) in [6.07, 6.45) is 2.14. The van der Waals surface area contributed by atoms with Crippen molar-refractivity contribution in [3.63, 3.8) is 0 Å². The van der Waals surface area contributed by atoms with Gasteiger partial charge in [-0.3, -0.25) is 4.79 Å². The molecule has 0 spiro atoms. The van der Waals surface area contributed by atoms with E-state index in [9.17, 15) is 13.2 Å². The average Bonchev–Trinajstić information content (AvgIpc) is 2.96. The standard InChI is InChI=1S/C17H19NO3S2/c1-13-3-5-15(6-4-13)10-12-23(20,21)18-11-9-16-7-8-17(22-16)14(2)19/h3-8,10,12,18H,9,11H2,1-2H3. The Kier molecular flexibility index (Phi) is 5.87. The summed E-state index contributed by atoms with van der Waals surface area (Å²) in [7, 11) is -3.46. The predicted octanol–water partition coefficient (Wildman–Crippen LogP) is 3.39. The number of thiophene rings is 1. The van der Waals surface area contributed by atoms with Crippen molar-refractivity contribution in [3.8, 4) is 0 Å². The first-order chi connectivity index (χ1) is 10.9. The Morgan fingerprint density at radius 3 is 2.48 bits per heavy atom. The molecule has 4 nitrogen and oxygen atoms in total. The van der Waals surface area contributed by atoms with Crippen molar-refractivity contribution in [3.05, 3.63) is 62.7 Å². The molecule has 0 radical (unpaired) electrons. The quantitative estimate of drug-likeness (QED) is 0.779. The molecule has 1 aromatic heterocycles. The molecular formula is C17H19NO3S2. The number of hydrogen-bond donors (Lipinski definition) is 1. The summed E-state index contributed by atoms with van der Waals surface area (Å²) in [5, 5.41) is 1.17. The molecule has 0 amide bonds. The molecule has 6 heteroatoms. The summed E-state index contributed by atoms with van der Waals surface area (Å²) < 4.78 is 26.4. The molecule has 0 aliphatic rings. The van der Waals surface area contributed by atoms with Gasteiger partial charge in [-0.15, -0.1) is 11.3 Å². The molecule has 122 valence electrons. The van der Waals surface area contributed by atoms with Crippen LogP contribution in [0.4, 0.5) is 0 Å². The zero-order valence-corrected chi connectivity index (χ0v) is 14.7. The zero-order valence-electron chi connectivity index (χ0n) is 13.1. The van der Waals surface area contributed by atoms with Crippen molar-refractivity contribution in [2.45, 2.75) is 20.3 Å². The highest BCUT2D eigenvalue weighted by molar-refractivity contribution is 7.92. The van der Waals surface area contributed by atoms with Crippen LogP contribution in [0.5, 0.6) is 0 Å². The van der Waals surface area contributed by atoms with E-state index in [4.69, 9.17) is 0 Å². The number of sulfonamides is 1. The monoisotopic (exact) mass is 349 g/mol. The van der Waals surface area contributed by atoms with Crippen molar-refractivity contribution in [2.75, 3.05) is 6.54 Å². The Hall–Kier alpha value is -1.76. The van der Waals surface area contributed by atoms with E-state index in [2.05, 4.69) is 4.72 Å². The number of carbonyl (C=O) groups is 1. The fourth-order valence-corrected chi connectivity index (χ4v) is 3.63. The van der Waals surface area contributed by atoms with Gasteiger partial charge < -0.3 is 0 Å². The normalized spacial score (nSPS) is 11.9. The van der Waals surface area contributed by atoms with Crippen LogP contribution in [0, 0.1) is 6.92 Å². The third kappa shape index (κ3) is 5.74. The highest BCUT2D eigenvalue weighted by Crippen LogP contribution is 2.17. The number of rotatable bonds is 7. The lowest BCUT2D eigenvalue weighted by Gasteiger charge is -2.01. The lowest BCUT2D eigenvalue weighted by Crippen LogP contribution is -2.23. The second kappa shape index (κ2) is 7.68. The van der Waals surface area contributed by atoms with Crippen LogP contribution in [0.1, 0.15) is 32.6 Å². The lowest BCUT2D eigenvalue weighted by atomic mass is 10.2. The summed E-state index contributed by atoms with van der Waals surface area (Å²) in [6.45, 7) is 3.81. The maximum absolute atomic E-state index is 11.9. The number of ketones is 1. The summed E-state index contributed by atoms with van der Waals surface area (Å²) in [5.41, 5.74) is 1.97. The van der Waals surface area contributed by atoms with Gasteiger partial charge in [-0.05, 0) is 44.0 Å². The van der Waals surface area contributed by atoms with Crippen LogP contribution in [-0.2, 0) is 16.4 Å².